The topological polar surface area (TPSA) is 113 Å². The summed E-state index contributed by atoms with van der Waals surface area (Å²) in [6, 6.07) is 22.9. The van der Waals surface area contributed by atoms with Crippen molar-refractivity contribution in [3.05, 3.63) is 96.6 Å². The van der Waals surface area contributed by atoms with Gasteiger partial charge in [-0.2, -0.15) is 0 Å². The number of hydrogen-bond donors (Lipinski definition) is 3. The zero-order chi connectivity index (χ0) is 29.2. The summed E-state index contributed by atoms with van der Waals surface area (Å²) < 4.78 is 3.77. The Morgan fingerprint density at radius 2 is 1.71 bits per heavy atom. The SMILES string of the molecule is CN(C)CCCn1cc(NC(=O)c2cc3ccccc3cn2)cc1C(=O)Nc1ccc(-c2nc3ccccc3[nH]2)n1C. The Labute approximate surface area is 243 Å². The molecule has 10 heteroatoms. The standard InChI is InChI=1S/C32H32N8O2/c1-38(2)15-8-16-40-20-23(34-31(41)26-17-21-9-4-5-10-22(21)19-33-26)18-28(40)32(42)37-29-14-13-27(39(29)3)30-35-24-11-6-7-12-25(24)36-30/h4-7,9-14,17-20H,8,15-16H2,1-3H3,(H,34,41)(H,35,36)(H,37,42). The first kappa shape index (κ1) is 27.0. The van der Waals surface area contributed by atoms with Gasteiger partial charge in [-0.15, -0.1) is 0 Å². The fourth-order valence-corrected chi connectivity index (χ4v) is 5.04. The molecule has 4 heterocycles. The number of aromatic amines is 1. The van der Waals surface area contributed by atoms with E-state index in [9.17, 15) is 9.59 Å². The maximum atomic E-state index is 13.6. The van der Waals surface area contributed by atoms with Crippen molar-refractivity contribution >= 4 is 45.1 Å². The summed E-state index contributed by atoms with van der Waals surface area (Å²) in [5.41, 5.74) is 3.95. The molecule has 2 amide bonds. The average Bonchev–Trinajstić information content (AvgIpc) is 3.69. The van der Waals surface area contributed by atoms with Gasteiger partial charge in [-0.05, 0) is 68.8 Å². The normalized spacial score (nSPS) is 11.4. The van der Waals surface area contributed by atoms with E-state index in [1.165, 1.54) is 0 Å². The second-order valence-corrected chi connectivity index (χ2v) is 10.6. The highest BCUT2D eigenvalue weighted by molar-refractivity contribution is 6.07. The predicted octanol–water partition coefficient (Wildman–Crippen LogP) is 5.37. The molecule has 6 aromatic rings. The van der Waals surface area contributed by atoms with Crippen molar-refractivity contribution in [2.45, 2.75) is 13.0 Å². The van der Waals surface area contributed by atoms with Gasteiger partial charge in [0.05, 0.1) is 22.4 Å². The largest absolute Gasteiger partial charge is 0.341 e. The fourth-order valence-electron chi connectivity index (χ4n) is 5.04. The van der Waals surface area contributed by atoms with Crippen molar-refractivity contribution in [1.82, 2.24) is 29.0 Å². The molecule has 0 radical (unpaired) electrons. The Morgan fingerprint density at radius 1 is 0.929 bits per heavy atom. The molecule has 0 aliphatic rings. The molecule has 0 saturated heterocycles. The maximum Gasteiger partial charge on any atom is 0.274 e. The van der Waals surface area contributed by atoms with Crippen molar-refractivity contribution in [3.8, 4) is 11.5 Å². The first-order valence-electron chi connectivity index (χ1n) is 13.8. The molecule has 0 spiro atoms. The molecule has 2 aromatic carbocycles. The van der Waals surface area contributed by atoms with E-state index in [0.717, 1.165) is 46.3 Å². The number of rotatable bonds is 9. The molecule has 0 aliphatic heterocycles. The first-order valence-corrected chi connectivity index (χ1v) is 13.8. The maximum absolute atomic E-state index is 13.6. The number of imidazole rings is 1. The van der Waals surface area contributed by atoms with E-state index in [0.29, 0.717) is 29.4 Å². The van der Waals surface area contributed by atoms with Gasteiger partial charge in [0.1, 0.15) is 17.2 Å². The van der Waals surface area contributed by atoms with Gasteiger partial charge in [-0.3, -0.25) is 14.6 Å². The van der Waals surface area contributed by atoms with Crippen LogP contribution in [0.15, 0.2) is 85.2 Å². The second kappa shape index (κ2) is 11.3. The molecule has 0 unspecified atom stereocenters. The smallest absolute Gasteiger partial charge is 0.274 e. The van der Waals surface area contributed by atoms with E-state index >= 15 is 0 Å². The van der Waals surface area contributed by atoms with Gasteiger partial charge >= 0.3 is 0 Å². The summed E-state index contributed by atoms with van der Waals surface area (Å²) in [5.74, 6) is 0.735. The number of amides is 2. The molecule has 0 fully saturated rings. The van der Waals surface area contributed by atoms with E-state index in [1.54, 1.807) is 24.5 Å². The molecule has 4 aromatic heterocycles. The molecule has 3 N–H and O–H groups in total. The van der Waals surface area contributed by atoms with Crippen LogP contribution < -0.4 is 10.6 Å². The van der Waals surface area contributed by atoms with Crippen molar-refractivity contribution in [3.63, 3.8) is 0 Å². The van der Waals surface area contributed by atoms with Crippen LogP contribution in [0.1, 0.15) is 27.4 Å². The minimum absolute atomic E-state index is 0.276. The molecule has 6 rings (SSSR count). The number of nitrogens with zero attached hydrogens (tertiary/aromatic N) is 5. The molecule has 0 bridgehead atoms. The number of carbonyl (C=O) groups excluding carboxylic acids is 2. The van der Waals surface area contributed by atoms with E-state index in [4.69, 9.17) is 0 Å². The molecule has 0 atom stereocenters. The van der Waals surface area contributed by atoms with Crippen molar-refractivity contribution in [2.24, 2.45) is 7.05 Å². The van der Waals surface area contributed by atoms with E-state index in [-0.39, 0.29) is 11.8 Å². The Bertz CT molecular complexity index is 1880. The number of anilines is 2. The van der Waals surface area contributed by atoms with E-state index in [2.05, 4.69) is 30.5 Å². The molecule has 212 valence electrons. The van der Waals surface area contributed by atoms with Crippen LogP contribution in [-0.4, -0.2) is 61.4 Å². The predicted molar refractivity (Wildman–Crippen MR) is 166 cm³/mol. The molecular formula is C32H32N8O2. The second-order valence-electron chi connectivity index (χ2n) is 10.6. The van der Waals surface area contributed by atoms with Crippen LogP contribution in [0.25, 0.3) is 33.3 Å². The van der Waals surface area contributed by atoms with Crippen molar-refractivity contribution < 1.29 is 9.59 Å². The summed E-state index contributed by atoms with van der Waals surface area (Å²) in [6.07, 6.45) is 4.32. The lowest BCUT2D eigenvalue weighted by atomic mass is 10.1. The zero-order valence-electron chi connectivity index (χ0n) is 23.8. The molecular weight excluding hydrogens is 528 g/mol. The van der Waals surface area contributed by atoms with Crippen LogP contribution in [0.5, 0.6) is 0 Å². The number of benzene rings is 2. The first-order chi connectivity index (χ1) is 20.4. The Hall–Kier alpha value is -5.22. The minimum Gasteiger partial charge on any atom is -0.341 e. The van der Waals surface area contributed by atoms with Crippen LogP contribution in [0, 0.1) is 0 Å². The Balaban J connectivity index is 1.23. The number of nitrogens with one attached hydrogen (secondary N) is 3. The summed E-state index contributed by atoms with van der Waals surface area (Å²) >= 11 is 0. The Kier molecular flexibility index (Phi) is 7.28. The fraction of sp³-hybridized carbons (Fsp3) is 0.188. The van der Waals surface area contributed by atoms with Crippen LogP contribution >= 0.6 is 0 Å². The number of fused-ring (bicyclic) bond motifs is 2. The van der Waals surface area contributed by atoms with Crippen LogP contribution in [0.2, 0.25) is 0 Å². The lowest BCUT2D eigenvalue weighted by molar-refractivity contribution is 0.101. The average molecular weight is 561 g/mol. The summed E-state index contributed by atoms with van der Waals surface area (Å²) in [6.45, 7) is 1.48. The highest BCUT2D eigenvalue weighted by Crippen LogP contribution is 2.25. The van der Waals surface area contributed by atoms with Crippen molar-refractivity contribution in [2.75, 3.05) is 31.3 Å². The minimum atomic E-state index is -0.337. The number of aryl methyl sites for hydroxylation is 1. The third-order valence-electron chi connectivity index (χ3n) is 7.25. The number of aromatic nitrogens is 5. The monoisotopic (exact) mass is 560 g/mol. The number of hydrogen-bond acceptors (Lipinski definition) is 5. The van der Waals surface area contributed by atoms with Gasteiger partial charge in [0.25, 0.3) is 11.8 Å². The summed E-state index contributed by atoms with van der Waals surface area (Å²) in [5, 5.41) is 7.85. The Morgan fingerprint density at radius 3 is 2.52 bits per heavy atom. The highest BCUT2D eigenvalue weighted by Gasteiger charge is 2.19. The zero-order valence-corrected chi connectivity index (χ0v) is 23.8. The van der Waals surface area contributed by atoms with Gasteiger partial charge in [0.15, 0.2) is 5.82 Å². The van der Waals surface area contributed by atoms with Crippen LogP contribution in [0.3, 0.4) is 0 Å². The van der Waals surface area contributed by atoms with Crippen LogP contribution in [-0.2, 0) is 13.6 Å². The molecule has 10 nitrogen and oxygen atoms in total. The third kappa shape index (κ3) is 5.52. The molecule has 0 saturated carbocycles. The van der Waals surface area contributed by atoms with Crippen LogP contribution in [0.4, 0.5) is 11.5 Å². The van der Waals surface area contributed by atoms with E-state index in [1.807, 2.05) is 90.9 Å². The number of H-pyrrole nitrogens is 1. The molecule has 42 heavy (non-hydrogen) atoms. The number of pyridine rings is 1. The van der Waals surface area contributed by atoms with Gasteiger partial charge < -0.3 is 29.7 Å². The lowest BCUT2D eigenvalue weighted by Crippen LogP contribution is -2.20. The van der Waals surface area contributed by atoms with Gasteiger partial charge in [-0.25, -0.2) is 4.98 Å². The third-order valence-corrected chi connectivity index (χ3v) is 7.25. The summed E-state index contributed by atoms with van der Waals surface area (Å²) in [4.78, 5) is 41.1. The van der Waals surface area contributed by atoms with Gasteiger partial charge in [-0.1, -0.05) is 36.4 Å². The number of para-hydroxylation sites is 2. The number of carbonyl (C=O) groups is 2. The van der Waals surface area contributed by atoms with Gasteiger partial charge in [0.2, 0.25) is 0 Å². The highest BCUT2D eigenvalue weighted by atomic mass is 16.2. The van der Waals surface area contributed by atoms with Crippen molar-refractivity contribution in [1.29, 1.82) is 0 Å². The molecule has 0 aliphatic carbocycles. The van der Waals surface area contributed by atoms with E-state index < -0.39 is 0 Å². The van der Waals surface area contributed by atoms with Gasteiger partial charge in [0, 0.05) is 31.4 Å². The quantitative estimate of drug-likeness (QED) is 0.220. The lowest BCUT2D eigenvalue weighted by Gasteiger charge is -2.13. The summed E-state index contributed by atoms with van der Waals surface area (Å²) in [7, 11) is 5.91.